The van der Waals surface area contributed by atoms with Crippen LogP contribution in [0.15, 0.2) is 60.7 Å². The first-order valence-corrected chi connectivity index (χ1v) is 10.2. The molecule has 3 heteroatoms. The molecule has 0 unspecified atom stereocenters. The van der Waals surface area contributed by atoms with E-state index in [2.05, 4.69) is 66.5 Å². The average molecular weight is 373 g/mol. The van der Waals surface area contributed by atoms with E-state index in [0.29, 0.717) is 6.54 Å². The molecule has 0 saturated carbocycles. The van der Waals surface area contributed by atoms with Crippen LogP contribution in [0, 0.1) is 13.8 Å². The van der Waals surface area contributed by atoms with Gasteiger partial charge in [0.25, 0.3) is 5.91 Å². The molecule has 0 aliphatic carbocycles. The maximum Gasteiger partial charge on any atom is 0.251 e. The number of nitrogens with zero attached hydrogens (tertiary/aromatic N) is 1. The predicted molar refractivity (Wildman–Crippen MR) is 116 cm³/mol. The van der Waals surface area contributed by atoms with Gasteiger partial charge < -0.3 is 5.32 Å². The van der Waals surface area contributed by atoms with Crippen LogP contribution in [0.5, 0.6) is 0 Å². The number of benzene rings is 3. The van der Waals surface area contributed by atoms with Gasteiger partial charge in [0.05, 0.1) is 6.04 Å². The van der Waals surface area contributed by atoms with Crippen molar-refractivity contribution in [2.75, 3.05) is 19.6 Å². The molecule has 3 nitrogen and oxygen atoms in total. The van der Waals surface area contributed by atoms with Gasteiger partial charge in [0.1, 0.15) is 0 Å². The summed E-state index contributed by atoms with van der Waals surface area (Å²) in [6.07, 6.45) is 2.46. The molecule has 1 fully saturated rings. The standard InChI is InChI=1S/C25H28N2O/c1-18-12-13-21(16-19(18)2)25(28)26-17-24(27-14-5-6-15-27)23-11-7-9-20-8-3-4-10-22(20)23/h3-4,7-13,16,24H,5-6,14-15,17H2,1-2H3,(H,26,28)/t24-/m0/s1. The topological polar surface area (TPSA) is 32.3 Å². The molecule has 0 aromatic heterocycles. The van der Waals surface area contributed by atoms with Crippen molar-refractivity contribution in [3.63, 3.8) is 0 Å². The number of likely N-dealkylation sites (tertiary alicyclic amines) is 1. The van der Waals surface area contributed by atoms with Crippen molar-refractivity contribution in [3.8, 4) is 0 Å². The number of amides is 1. The van der Waals surface area contributed by atoms with Crippen molar-refractivity contribution >= 4 is 16.7 Å². The Kier molecular flexibility index (Phi) is 5.45. The van der Waals surface area contributed by atoms with Crippen molar-refractivity contribution in [3.05, 3.63) is 82.9 Å². The Morgan fingerprint density at radius 1 is 0.964 bits per heavy atom. The Bertz CT molecular complexity index is 984. The van der Waals surface area contributed by atoms with E-state index in [1.807, 2.05) is 18.2 Å². The maximum atomic E-state index is 12.8. The van der Waals surface area contributed by atoms with Gasteiger partial charge in [0.15, 0.2) is 0 Å². The second kappa shape index (κ2) is 8.15. The fraction of sp³-hybridized carbons (Fsp3) is 0.320. The zero-order chi connectivity index (χ0) is 19.5. The highest BCUT2D eigenvalue weighted by Crippen LogP contribution is 2.30. The number of hydrogen-bond donors (Lipinski definition) is 1. The molecule has 3 aromatic rings. The van der Waals surface area contributed by atoms with E-state index in [-0.39, 0.29) is 11.9 Å². The number of hydrogen-bond acceptors (Lipinski definition) is 2. The molecule has 28 heavy (non-hydrogen) atoms. The lowest BCUT2D eigenvalue weighted by Crippen LogP contribution is -2.37. The molecule has 1 saturated heterocycles. The molecule has 4 rings (SSSR count). The first-order chi connectivity index (χ1) is 13.6. The number of fused-ring (bicyclic) bond motifs is 1. The van der Waals surface area contributed by atoms with Crippen molar-refractivity contribution in [2.24, 2.45) is 0 Å². The Hall–Kier alpha value is -2.65. The highest BCUT2D eigenvalue weighted by Gasteiger charge is 2.25. The van der Waals surface area contributed by atoms with E-state index < -0.39 is 0 Å². The number of carbonyl (C=O) groups excluding carboxylic acids is 1. The molecular formula is C25H28N2O. The van der Waals surface area contributed by atoms with E-state index in [1.165, 1.54) is 34.7 Å². The van der Waals surface area contributed by atoms with Gasteiger partial charge in [-0.25, -0.2) is 0 Å². The van der Waals surface area contributed by atoms with Crippen LogP contribution >= 0.6 is 0 Å². The van der Waals surface area contributed by atoms with Crippen LogP contribution in [-0.2, 0) is 0 Å². The fourth-order valence-corrected chi connectivity index (χ4v) is 4.20. The average Bonchev–Trinajstić information content (AvgIpc) is 3.25. The molecule has 1 aliphatic heterocycles. The summed E-state index contributed by atoms with van der Waals surface area (Å²) in [7, 11) is 0. The number of rotatable bonds is 5. The van der Waals surface area contributed by atoms with Crippen molar-refractivity contribution in [2.45, 2.75) is 32.7 Å². The maximum absolute atomic E-state index is 12.8. The second-order valence-corrected chi connectivity index (χ2v) is 7.84. The third kappa shape index (κ3) is 3.81. The van der Waals surface area contributed by atoms with Gasteiger partial charge in [0, 0.05) is 12.1 Å². The van der Waals surface area contributed by atoms with E-state index in [9.17, 15) is 4.79 Å². The van der Waals surface area contributed by atoms with Gasteiger partial charge in [-0.15, -0.1) is 0 Å². The highest BCUT2D eigenvalue weighted by molar-refractivity contribution is 5.94. The van der Waals surface area contributed by atoms with Crippen LogP contribution in [0.4, 0.5) is 0 Å². The molecular weight excluding hydrogens is 344 g/mol. The summed E-state index contributed by atoms with van der Waals surface area (Å²) < 4.78 is 0. The summed E-state index contributed by atoms with van der Waals surface area (Å²) in [5.41, 5.74) is 4.40. The zero-order valence-corrected chi connectivity index (χ0v) is 16.7. The van der Waals surface area contributed by atoms with E-state index >= 15 is 0 Å². The molecule has 144 valence electrons. The molecule has 0 radical (unpaired) electrons. The SMILES string of the molecule is Cc1ccc(C(=O)NC[C@@H](c2cccc3ccccc23)N2CCCC2)cc1C. The van der Waals surface area contributed by atoms with Gasteiger partial charge in [-0.05, 0) is 79.4 Å². The minimum atomic E-state index is 0.00698. The number of nitrogens with one attached hydrogen (secondary N) is 1. The quantitative estimate of drug-likeness (QED) is 0.682. The summed E-state index contributed by atoms with van der Waals surface area (Å²) in [6.45, 7) is 6.93. The summed E-state index contributed by atoms with van der Waals surface area (Å²) in [4.78, 5) is 15.3. The van der Waals surface area contributed by atoms with Gasteiger partial charge >= 0.3 is 0 Å². The van der Waals surface area contributed by atoms with Gasteiger partial charge in [0.2, 0.25) is 0 Å². The van der Waals surface area contributed by atoms with Crippen LogP contribution in [-0.4, -0.2) is 30.4 Å². The van der Waals surface area contributed by atoms with Crippen molar-refractivity contribution < 1.29 is 4.79 Å². The summed E-state index contributed by atoms with van der Waals surface area (Å²) in [5, 5.41) is 5.74. The van der Waals surface area contributed by atoms with Gasteiger partial charge in [-0.1, -0.05) is 48.5 Å². The third-order valence-corrected chi connectivity index (χ3v) is 5.99. The smallest absolute Gasteiger partial charge is 0.251 e. The van der Waals surface area contributed by atoms with E-state index in [0.717, 1.165) is 24.2 Å². The molecule has 1 N–H and O–H groups in total. The predicted octanol–water partition coefficient (Wildman–Crippen LogP) is 5.02. The van der Waals surface area contributed by atoms with Crippen LogP contribution in [0.25, 0.3) is 10.8 Å². The third-order valence-electron chi connectivity index (χ3n) is 5.99. The molecule has 0 spiro atoms. The molecule has 1 aliphatic rings. The summed E-state index contributed by atoms with van der Waals surface area (Å²) in [6, 6.07) is 21.2. The van der Waals surface area contributed by atoms with Crippen LogP contribution in [0.3, 0.4) is 0 Å². The molecule has 3 aromatic carbocycles. The fourth-order valence-electron chi connectivity index (χ4n) is 4.20. The van der Waals surface area contributed by atoms with Crippen molar-refractivity contribution in [1.29, 1.82) is 0 Å². The molecule has 1 atom stereocenters. The normalized spacial score (nSPS) is 15.6. The summed E-state index contributed by atoms with van der Waals surface area (Å²) in [5.74, 6) is 0.00698. The lowest BCUT2D eigenvalue weighted by Gasteiger charge is -2.29. The molecule has 1 amide bonds. The van der Waals surface area contributed by atoms with Gasteiger partial charge in [-0.3, -0.25) is 9.69 Å². The Labute approximate surface area is 167 Å². The largest absolute Gasteiger partial charge is 0.350 e. The first-order valence-electron chi connectivity index (χ1n) is 10.2. The summed E-state index contributed by atoms with van der Waals surface area (Å²) >= 11 is 0. The number of aryl methyl sites for hydroxylation is 2. The van der Waals surface area contributed by atoms with Crippen LogP contribution in [0.1, 0.15) is 45.9 Å². The zero-order valence-electron chi connectivity index (χ0n) is 16.7. The lowest BCUT2D eigenvalue weighted by molar-refractivity contribution is 0.0938. The van der Waals surface area contributed by atoms with E-state index in [1.54, 1.807) is 0 Å². The van der Waals surface area contributed by atoms with Crippen LogP contribution in [0.2, 0.25) is 0 Å². The lowest BCUT2D eigenvalue weighted by atomic mass is 9.97. The Balaban J connectivity index is 1.60. The second-order valence-electron chi connectivity index (χ2n) is 7.84. The Morgan fingerprint density at radius 2 is 1.71 bits per heavy atom. The van der Waals surface area contributed by atoms with E-state index in [4.69, 9.17) is 0 Å². The molecule has 1 heterocycles. The van der Waals surface area contributed by atoms with Gasteiger partial charge in [-0.2, -0.15) is 0 Å². The number of carbonyl (C=O) groups is 1. The minimum absolute atomic E-state index is 0.00698. The Morgan fingerprint density at radius 3 is 2.50 bits per heavy atom. The first kappa shape index (κ1) is 18.7. The monoisotopic (exact) mass is 372 g/mol. The van der Waals surface area contributed by atoms with Crippen LogP contribution < -0.4 is 5.32 Å². The molecule has 0 bridgehead atoms. The highest BCUT2D eigenvalue weighted by atomic mass is 16.1. The van der Waals surface area contributed by atoms with Crippen molar-refractivity contribution in [1.82, 2.24) is 10.2 Å². The minimum Gasteiger partial charge on any atom is -0.350 e.